The van der Waals surface area contributed by atoms with Gasteiger partial charge in [0.05, 0.1) is 21.3 Å². The fraction of sp³-hybridized carbons (Fsp3) is 0. The lowest BCUT2D eigenvalue weighted by Crippen LogP contribution is -2.27. The molecule has 0 aliphatic heterocycles. The number of fused-ring (bicyclic) bond motifs is 1. The van der Waals surface area contributed by atoms with Crippen LogP contribution in [0.3, 0.4) is 0 Å². The molecule has 1 amide bonds. The lowest BCUT2D eigenvalue weighted by atomic mass is 10.2. The Labute approximate surface area is 172 Å². The van der Waals surface area contributed by atoms with E-state index in [1.165, 1.54) is 6.07 Å². The summed E-state index contributed by atoms with van der Waals surface area (Å²) in [5.41, 5.74) is 6.74. The number of nitrogens with zero attached hydrogens (tertiary/aromatic N) is 3. The standard InChI is InChI=1S/C17H12N6O6S/c18-17(30)21-20-12-8-15(29-14-4-2-1-3-10(12)14)16(24)19-11-6-5-9(22(25)26)7-13(11)23(27)28/h1-8H,(H,19,24)(H3,18,21,30). The van der Waals surface area contributed by atoms with E-state index in [-0.39, 0.29) is 21.9 Å². The topological polar surface area (TPSA) is 179 Å². The zero-order chi connectivity index (χ0) is 21.8. The van der Waals surface area contributed by atoms with E-state index in [4.69, 9.17) is 22.4 Å². The second-order valence-corrected chi connectivity index (χ2v) is 6.19. The Morgan fingerprint density at radius 2 is 1.83 bits per heavy atom. The Morgan fingerprint density at radius 3 is 2.50 bits per heavy atom. The van der Waals surface area contributed by atoms with Crippen LogP contribution in [0.5, 0.6) is 0 Å². The van der Waals surface area contributed by atoms with Crippen molar-refractivity contribution in [2.75, 3.05) is 5.32 Å². The summed E-state index contributed by atoms with van der Waals surface area (Å²) in [4.78, 5) is 33.2. The van der Waals surface area contributed by atoms with Crippen molar-refractivity contribution >= 4 is 51.3 Å². The Morgan fingerprint density at radius 1 is 1.10 bits per heavy atom. The van der Waals surface area contributed by atoms with E-state index in [0.29, 0.717) is 11.0 Å². The number of nitrogens with one attached hydrogen (secondary N) is 2. The molecule has 13 heteroatoms. The molecule has 152 valence electrons. The minimum Gasteiger partial charge on any atom is -0.451 e. The second kappa shape index (κ2) is 8.32. The summed E-state index contributed by atoms with van der Waals surface area (Å²) in [6.07, 6.45) is 0. The number of hydrogen-bond acceptors (Lipinski definition) is 8. The van der Waals surface area contributed by atoms with Gasteiger partial charge in [-0.25, -0.2) is 0 Å². The number of anilines is 1. The predicted molar refractivity (Wildman–Crippen MR) is 109 cm³/mol. The third-order valence-electron chi connectivity index (χ3n) is 3.80. The minimum atomic E-state index is -0.840. The van der Waals surface area contributed by atoms with Crippen LogP contribution < -0.4 is 21.8 Å². The highest BCUT2D eigenvalue weighted by Crippen LogP contribution is 2.29. The smallest absolute Gasteiger partial charge is 0.299 e. The number of rotatable bonds is 5. The SMILES string of the molecule is NC(=S)NN=c1cc(C(=O)Nc2ccc([N+](=O)[O-])cc2[N+](=O)[O-])oc2ccccc12. The number of benzene rings is 2. The van der Waals surface area contributed by atoms with E-state index in [1.54, 1.807) is 24.3 Å². The quantitative estimate of drug-likeness (QED) is 0.312. The summed E-state index contributed by atoms with van der Waals surface area (Å²) in [5.74, 6) is -1.05. The van der Waals surface area contributed by atoms with Crippen molar-refractivity contribution in [1.82, 2.24) is 5.43 Å². The minimum absolute atomic E-state index is 0.0904. The molecule has 0 aliphatic rings. The van der Waals surface area contributed by atoms with Gasteiger partial charge >= 0.3 is 0 Å². The zero-order valence-electron chi connectivity index (χ0n) is 14.9. The van der Waals surface area contributed by atoms with E-state index in [2.05, 4.69) is 15.8 Å². The van der Waals surface area contributed by atoms with E-state index < -0.39 is 27.1 Å². The first-order valence-electron chi connectivity index (χ1n) is 8.12. The van der Waals surface area contributed by atoms with E-state index in [9.17, 15) is 25.0 Å². The van der Waals surface area contributed by atoms with Gasteiger partial charge in [-0.2, -0.15) is 5.10 Å². The molecule has 0 radical (unpaired) electrons. The maximum atomic E-state index is 12.7. The molecule has 1 aromatic heterocycles. The molecular formula is C17H12N6O6S. The Kier molecular flexibility index (Phi) is 5.64. The number of nitrogens with two attached hydrogens (primary N) is 1. The van der Waals surface area contributed by atoms with Gasteiger partial charge in [-0.3, -0.25) is 30.4 Å². The summed E-state index contributed by atoms with van der Waals surface area (Å²) in [5, 5.41) is 29.2. The van der Waals surface area contributed by atoms with Gasteiger partial charge in [0.25, 0.3) is 17.3 Å². The van der Waals surface area contributed by atoms with Crippen molar-refractivity contribution in [3.05, 3.63) is 79.9 Å². The number of amides is 1. The van der Waals surface area contributed by atoms with Crippen LogP contribution in [0.4, 0.5) is 17.1 Å². The average molecular weight is 428 g/mol. The van der Waals surface area contributed by atoms with Crippen LogP contribution in [0, 0.1) is 20.2 Å². The molecule has 12 nitrogen and oxygen atoms in total. The largest absolute Gasteiger partial charge is 0.451 e. The number of carbonyl (C=O) groups is 1. The molecule has 1 heterocycles. The van der Waals surface area contributed by atoms with Gasteiger partial charge in [-0.15, -0.1) is 0 Å². The maximum Gasteiger partial charge on any atom is 0.299 e. The lowest BCUT2D eigenvalue weighted by molar-refractivity contribution is -0.393. The van der Waals surface area contributed by atoms with Crippen molar-refractivity contribution < 1.29 is 19.1 Å². The molecule has 0 bridgehead atoms. The van der Waals surface area contributed by atoms with Gasteiger partial charge in [-0.1, -0.05) is 12.1 Å². The van der Waals surface area contributed by atoms with Crippen molar-refractivity contribution in [2.45, 2.75) is 0 Å². The number of hydrogen-bond donors (Lipinski definition) is 3. The van der Waals surface area contributed by atoms with Crippen LogP contribution in [-0.2, 0) is 0 Å². The van der Waals surface area contributed by atoms with Crippen LogP contribution in [-0.4, -0.2) is 20.9 Å². The van der Waals surface area contributed by atoms with Gasteiger partial charge < -0.3 is 15.5 Å². The van der Waals surface area contributed by atoms with E-state index in [0.717, 1.165) is 18.2 Å². The number of non-ortho nitro benzene ring substituents is 1. The number of nitro groups is 2. The van der Waals surface area contributed by atoms with Gasteiger partial charge in [0.2, 0.25) is 0 Å². The molecule has 0 spiro atoms. The molecule has 3 rings (SSSR count). The number of para-hydroxylation sites is 1. The number of thiocarbonyl (C=S) groups is 1. The molecule has 0 fully saturated rings. The molecule has 4 N–H and O–H groups in total. The summed E-state index contributed by atoms with van der Waals surface area (Å²) in [6, 6.07) is 10.8. The molecule has 0 saturated heterocycles. The van der Waals surface area contributed by atoms with Crippen molar-refractivity contribution in [1.29, 1.82) is 0 Å². The fourth-order valence-corrected chi connectivity index (χ4v) is 2.56. The van der Waals surface area contributed by atoms with Gasteiger partial charge in [0, 0.05) is 17.5 Å². The van der Waals surface area contributed by atoms with Crippen molar-refractivity contribution in [3.63, 3.8) is 0 Å². The second-order valence-electron chi connectivity index (χ2n) is 5.75. The monoisotopic (exact) mass is 428 g/mol. The first-order chi connectivity index (χ1) is 14.3. The zero-order valence-corrected chi connectivity index (χ0v) is 15.7. The third-order valence-corrected chi connectivity index (χ3v) is 3.89. The van der Waals surface area contributed by atoms with Crippen LogP contribution in [0.15, 0.2) is 58.0 Å². The highest BCUT2D eigenvalue weighted by molar-refractivity contribution is 7.80. The molecular weight excluding hydrogens is 416 g/mol. The summed E-state index contributed by atoms with van der Waals surface area (Å²) in [6.45, 7) is 0. The summed E-state index contributed by atoms with van der Waals surface area (Å²) in [7, 11) is 0. The molecule has 0 aliphatic carbocycles. The Hall–Kier alpha value is -4.39. The van der Waals surface area contributed by atoms with E-state index in [1.807, 2.05) is 0 Å². The van der Waals surface area contributed by atoms with Gasteiger partial charge in [0.15, 0.2) is 10.9 Å². The highest BCUT2D eigenvalue weighted by Gasteiger charge is 2.22. The molecule has 0 atom stereocenters. The van der Waals surface area contributed by atoms with Crippen LogP contribution in [0.25, 0.3) is 11.0 Å². The van der Waals surface area contributed by atoms with Gasteiger partial charge in [0.1, 0.15) is 11.3 Å². The summed E-state index contributed by atoms with van der Waals surface area (Å²) < 4.78 is 5.56. The molecule has 3 aromatic rings. The van der Waals surface area contributed by atoms with Crippen LogP contribution in [0.2, 0.25) is 0 Å². The molecule has 0 saturated carbocycles. The normalized spacial score (nSPS) is 11.1. The molecule has 30 heavy (non-hydrogen) atoms. The lowest BCUT2D eigenvalue weighted by Gasteiger charge is -2.07. The highest BCUT2D eigenvalue weighted by atomic mass is 32.1. The maximum absolute atomic E-state index is 12.7. The molecule has 2 aromatic carbocycles. The number of carbonyl (C=O) groups excluding carboxylic acids is 1. The Balaban J connectivity index is 2.04. The molecule has 0 unspecified atom stereocenters. The summed E-state index contributed by atoms with van der Waals surface area (Å²) >= 11 is 4.71. The van der Waals surface area contributed by atoms with Crippen LogP contribution >= 0.6 is 12.2 Å². The van der Waals surface area contributed by atoms with E-state index >= 15 is 0 Å². The average Bonchev–Trinajstić information content (AvgIpc) is 2.71. The Bertz CT molecular complexity index is 1270. The third kappa shape index (κ3) is 4.36. The fourth-order valence-electron chi connectivity index (χ4n) is 2.51. The van der Waals surface area contributed by atoms with Crippen molar-refractivity contribution in [3.8, 4) is 0 Å². The first kappa shape index (κ1) is 20.3. The predicted octanol–water partition coefficient (Wildman–Crippen LogP) is 2.15. The van der Waals surface area contributed by atoms with Crippen LogP contribution in [0.1, 0.15) is 10.6 Å². The van der Waals surface area contributed by atoms with Crippen molar-refractivity contribution in [2.24, 2.45) is 10.8 Å². The number of nitro benzene ring substituents is 2. The van der Waals surface area contributed by atoms with Gasteiger partial charge in [-0.05, 0) is 30.4 Å². The first-order valence-corrected chi connectivity index (χ1v) is 8.53.